The summed E-state index contributed by atoms with van der Waals surface area (Å²) in [5, 5.41) is 5.29. The van der Waals surface area contributed by atoms with Crippen molar-refractivity contribution in [2.24, 2.45) is 29.1 Å². The molecule has 16 heteroatoms. The predicted octanol–water partition coefficient (Wildman–Crippen LogP) is 4.54. The molecule has 3 rings (SSSR count). The van der Waals surface area contributed by atoms with E-state index in [2.05, 4.69) is 36.9 Å². The molecule has 5 unspecified atom stereocenters. The molecule has 0 spiro atoms. The van der Waals surface area contributed by atoms with Gasteiger partial charge in [0.2, 0.25) is 11.8 Å². The number of ether oxygens (including phenoxy) is 4. The number of nitrogens with one attached hydrogen (secondary N) is 2. The summed E-state index contributed by atoms with van der Waals surface area (Å²) in [4.78, 5) is 103. The van der Waals surface area contributed by atoms with Crippen molar-refractivity contribution in [3.8, 4) is 0 Å². The van der Waals surface area contributed by atoms with Crippen LogP contribution in [0.15, 0.2) is 48.6 Å². The van der Waals surface area contributed by atoms with Gasteiger partial charge >= 0.3 is 35.9 Å². The van der Waals surface area contributed by atoms with Gasteiger partial charge in [0.05, 0.1) is 25.9 Å². The molecule has 2 bridgehead atoms. The van der Waals surface area contributed by atoms with Gasteiger partial charge < -0.3 is 29.6 Å². The number of imide groups is 2. The summed E-state index contributed by atoms with van der Waals surface area (Å²) in [5.74, 6) is -2.03. The molecule has 0 aromatic rings. The Labute approximate surface area is 340 Å². The van der Waals surface area contributed by atoms with Crippen LogP contribution in [-0.4, -0.2) is 110 Å². The van der Waals surface area contributed by atoms with E-state index in [0.29, 0.717) is 30.6 Å². The molecular formula is C42H60N4O12. The van der Waals surface area contributed by atoms with Crippen LogP contribution in [0.3, 0.4) is 0 Å². The van der Waals surface area contributed by atoms with Crippen LogP contribution in [0.1, 0.15) is 85.5 Å². The van der Waals surface area contributed by atoms with Gasteiger partial charge in [-0.2, -0.15) is 0 Å². The van der Waals surface area contributed by atoms with Gasteiger partial charge in [0.25, 0.3) is 0 Å². The van der Waals surface area contributed by atoms with Gasteiger partial charge in [0.1, 0.15) is 26.4 Å². The van der Waals surface area contributed by atoms with Gasteiger partial charge in [0, 0.05) is 35.4 Å². The first-order valence-corrected chi connectivity index (χ1v) is 19.8. The number of nitrogens with zero attached hydrogens (tertiary/aromatic N) is 2. The molecule has 320 valence electrons. The van der Waals surface area contributed by atoms with Gasteiger partial charge in [-0.05, 0) is 102 Å². The first-order chi connectivity index (χ1) is 27.4. The average molecular weight is 813 g/mol. The van der Waals surface area contributed by atoms with E-state index >= 15 is 0 Å². The molecular weight excluding hydrogens is 752 g/mol. The van der Waals surface area contributed by atoms with Crippen molar-refractivity contribution in [3.05, 3.63) is 48.6 Å². The van der Waals surface area contributed by atoms with Crippen molar-refractivity contribution in [1.29, 1.82) is 0 Å². The van der Waals surface area contributed by atoms with Crippen LogP contribution in [-0.2, 0) is 47.7 Å². The second-order valence-corrected chi connectivity index (χ2v) is 15.7. The molecule has 3 fully saturated rings. The molecule has 6 amide bonds. The summed E-state index contributed by atoms with van der Waals surface area (Å²) in [6.45, 7) is 19.7. The Morgan fingerprint density at radius 2 is 1.05 bits per heavy atom. The largest absolute Gasteiger partial charge is 0.462 e. The number of fused-ring (bicyclic) bond motifs is 5. The van der Waals surface area contributed by atoms with Crippen molar-refractivity contribution in [3.63, 3.8) is 0 Å². The molecule has 3 aliphatic rings. The minimum Gasteiger partial charge on any atom is -0.462 e. The predicted molar refractivity (Wildman–Crippen MR) is 211 cm³/mol. The van der Waals surface area contributed by atoms with E-state index in [-0.39, 0.29) is 99.1 Å². The van der Waals surface area contributed by atoms with Crippen LogP contribution < -0.4 is 10.6 Å². The highest BCUT2D eigenvalue weighted by atomic mass is 16.5. The third-order valence-electron chi connectivity index (χ3n) is 11.2. The maximum atomic E-state index is 13.4. The zero-order valence-electron chi connectivity index (χ0n) is 34.5. The number of urea groups is 2. The normalized spacial score (nSPS) is 21.1. The lowest BCUT2D eigenvalue weighted by molar-refractivity contribution is -0.142. The summed E-state index contributed by atoms with van der Waals surface area (Å²) in [5.41, 5.74) is 0.710. The second kappa shape index (κ2) is 22.0. The van der Waals surface area contributed by atoms with Crippen LogP contribution in [0.25, 0.3) is 0 Å². The Bertz CT molecular complexity index is 1660. The number of carbonyl (C=O) groups excluding carboxylic acids is 8. The zero-order chi connectivity index (χ0) is 43.2. The van der Waals surface area contributed by atoms with Crippen molar-refractivity contribution >= 4 is 47.8 Å². The standard InChI is InChI=1S/C42H60N4O12/c1-26(2)36(49)55-19-11-34(47)45(40(53)43-15-21-57-38(51)28(5)6)17-10-30-23-32-31-9-13-42(25-31,33(32)24-30)14-18-46(35(48)12-20-56-37(50)27(3)4)41(54)44-16-22-58-39(52)29(7)8/h30-33H,1,3,5,7,9-25H2,2,4,6,8H3,(H,43,53)(H,44,54). The monoisotopic (exact) mass is 812 g/mol. The summed E-state index contributed by atoms with van der Waals surface area (Å²) in [7, 11) is 0. The minimum absolute atomic E-state index is 0.0223. The fraction of sp³-hybridized carbons (Fsp3) is 0.619. The molecule has 58 heavy (non-hydrogen) atoms. The van der Waals surface area contributed by atoms with Crippen molar-refractivity contribution < 1.29 is 57.3 Å². The Kier molecular flexibility index (Phi) is 17.9. The maximum Gasteiger partial charge on any atom is 0.333 e. The number of hydrogen-bond donors (Lipinski definition) is 2. The molecule has 0 heterocycles. The van der Waals surface area contributed by atoms with E-state index in [4.69, 9.17) is 18.9 Å². The van der Waals surface area contributed by atoms with Crippen LogP contribution in [0.2, 0.25) is 0 Å². The van der Waals surface area contributed by atoms with Crippen molar-refractivity contribution in [2.45, 2.75) is 85.5 Å². The number of carbonyl (C=O) groups is 8. The van der Waals surface area contributed by atoms with Crippen LogP contribution >= 0.6 is 0 Å². The number of esters is 4. The van der Waals surface area contributed by atoms with Gasteiger partial charge in [-0.15, -0.1) is 0 Å². The van der Waals surface area contributed by atoms with Crippen molar-refractivity contribution in [1.82, 2.24) is 20.4 Å². The SMILES string of the molecule is C=C(C)C(=O)OCCNC(=O)N(CCC1CC2C3CCC(CCN(C(=O)CCOC(=O)C(=C)C)C(=O)NCCOC(=O)C(=C)C)(C3)C2C1)C(=O)CCOC(=O)C(=C)C. The first-order valence-electron chi connectivity index (χ1n) is 19.8. The van der Waals surface area contributed by atoms with Gasteiger partial charge in [-0.3, -0.25) is 19.4 Å². The molecule has 16 nitrogen and oxygen atoms in total. The molecule has 0 aromatic carbocycles. The summed E-state index contributed by atoms with van der Waals surface area (Å²) >= 11 is 0. The van der Waals surface area contributed by atoms with E-state index < -0.39 is 47.8 Å². The number of rotatable bonds is 22. The molecule has 2 N–H and O–H groups in total. The lowest BCUT2D eigenvalue weighted by atomic mass is 9.69. The number of amides is 6. The lowest BCUT2D eigenvalue weighted by Crippen LogP contribution is -2.47. The Balaban J connectivity index is 1.66. The van der Waals surface area contributed by atoms with E-state index in [9.17, 15) is 38.4 Å². The van der Waals surface area contributed by atoms with Crippen LogP contribution in [0.4, 0.5) is 9.59 Å². The lowest BCUT2D eigenvalue weighted by Gasteiger charge is -2.37. The number of hydrogen-bond acceptors (Lipinski definition) is 12. The summed E-state index contributed by atoms with van der Waals surface area (Å²) in [6, 6.07) is -1.29. The van der Waals surface area contributed by atoms with Crippen molar-refractivity contribution in [2.75, 3.05) is 52.6 Å². The maximum absolute atomic E-state index is 13.4. The highest BCUT2D eigenvalue weighted by Gasteiger charge is 2.60. The summed E-state index contributed by atoms with van der Waals surface area (Å²) < 4.78 is 20.3. The molecule has 0 aromatic heterocycles. The van der Waals surface area contributed by atoms with Gasteiger partial charge in [0.15, 0.2) is 0 Å². The fourth-order valence-electron chi connectivity index (χ4n) is 8.30. The Morgan fingerprint density at radius 1 is 0.621 bits per heavy atom. The Hall–Kier alpha value is -5.28. The molecule has 0 saturated heterocycles. The third-order valence-corrected chi connectivity index (χ3v) is 11.2. The van der Waals surface area contributed by atoms with Gasteiger partial charge in [-0.1, -0.05) is 26.3 Å². The van der Waals surface area contributed by atoms with Crippen LogP contribution in [0.5, 0.6) is 0 Å². The van der Waals surface area contributed by atoms with E-state index in [0.717, 1.165) is 41.9 Å². The van der Waals surface area contributed by atoms with E-state index in [1.165, 1.54) is 27.7 Å². The Morgan fingerprint density at radius 3 is 1.50 bits per heavy atom. The minimum atomic E-state index is -0.649. The highest BCUT2D eigenvalue weighted by Crippen LogP contribution is 2.68. The van der Waals surface area contributed by atoms with Crippen LogP contribution in [0, 0.1) is 29.1 Å². The molecule has 0 aliphatic heterocycles. The molecule has 3 saturated carbocycles. The summed E-state index contributed by atoms with van der Waals surface area (Å²) in [6.07, 6.45) is 5.47. The van der Waals surface area contributed by atoms with Gasteiger partial charge in [-0.25, -0.2) is 28.8 Å². The fourth-order valence-corrected chi connectivity index (χ4v) is 8.30. The zero-order valence-corrected chi connectivity index (χ0v) is 34.5. The molecule has 5 atom stereocenters. The quantitative estimate of drug-likeness (QED) is 0.0670. The van der Waals surface area contributed by atoms with E-state index in [1.807, 2.05) is 0 Å². The third kappa shape index (κ3) is 13.4. The van der Waals surface area contributed by atoms with E-state index in [1.54, 1.807) is 0 Å². The topological polar surface area (TPSA) is 204 Å². The smallest absolute Gasteiger partial charge is 0.333 e. The average Bonchev–Trinajstić information content (AvgIpc) is 3.87. The first kappa shape index (κ1) is 47.1. The highest BCUT2D eigenvalue weighted by molar-refractivity contribution is 5.95. The molecule has 3 aliphatic carbocycles. The molecule has 0 radical (unpaired) electrons. The second-order valence-electron chi connectivity index (χ2n) is 15.7.